The van der Waals surface area contributed by atoms with Gasteiger partial charge in [0.2, 0.25) is 5.91 Å². The highest BCUT2D eigenvalue weighted by molar-refractivity contribution is 7.87. The summed E-state index contributed by atoms with van der Waals surface area (Å²) in [6.45, 7) is -0.235. The monoisotopic (exact) mass is 420 g/mol. The van der Waals surface area contributed by atoms with Gasteiger partial charge >= 0.3 is 21.6 Å². The summed E-state index contributed by atoms with van der Waals surface area (Å²) in [4.78, 5) is 25.3. The number of hydrogen-bond donors (Lipinski definition) is 1. The first kappa shape index (κ1) is 20.1. The topological polar surface area (TPSA) is 116 Å². The van der Waals surface area contributed by atoms with Gasteiger partial charge in [-0.3, -0.25) is 9.69 Å². The quantitative estimate of drug-likeness (QED) is 0.329. The Morgan fingerprint density at radius 2 is 1.89 bits per heavy atom. The maximum atomic E-state index is 12.7. The van der Waals surface area contributed by atoms with Crippen molar-refractivity contribution in [2.75, 3.05) is 0 Å². The molecular formula is C16H15F3N2O6S. The lowest BCUT2D eigenvalue weighted by Crippen LogP contribution is -2.69. The molecule has 2 atom stereocenters. The second-order valence-electron chi connectivity index (χ2n) is 6.16. The smallest absolute Gasteiger partial charge is 0.456 e. The fourth-order valence-corrected chi connectivity index (χ4v) is 3.47. The minimum absolute atomic E-state index is 0.0467. The number of hydrogen-bond acceptors (Lipinski definition) is 7. The fourth-order valence-electron chi connectivity index (χ4n) is 2.95. The molecule has 1 aromatic carbocycles. The Morgan fingerprint density at radius 3 is 2.50 bits per heavy atom. The van der Waals surface area contributed by atoms with Crippen LogP contribution in [0.4, 0.5) is 13.2 Å². The molecule has 1 fully saturated rings. The van der Waals surface area contributed by atoms with Crippen molar-refractivity contribution in [3.05, 3.63) is 47.4 Å². The van der Waals surface area contributed by atoms with Gasteiger partial charge in [-0.15, -0.1) is 0 Å². The van der Waals surface area contributed by atoms with E-state index in [1.54, 1.807) is 30.3 Å². The molecule has 3 rings (SSSR count). The van der Waals surface area contributed by atoms with Crippen LogP contribution in [0.2, 0.25) is 0 Å². The summed E-state index contributed by atoms with van der Waals surface area (Å²) in [6.07, 6.45) is -0.279. The van der Waals surface area contributed by atoms with Gasteiger partial charge in [0.05, 0.1) is 6.04 Å². The van der Waals surface area contributed by atoms with E-state index in [-0.39, 0.29) is 19.4 Å². The normalized spacial score (nSPS) is 22.4. The molecule has 1 saturated heterocycles. The fraction of sp³-hybridized carbons (Fsp3) is 0.375. The molecule has 2 N–H and O–H groups in total. The number of halogens is 3. The average molecular weight is 420 g/mol. The largest absolute Gasteiger partial charge is 0.534 e. The number of β-lactam (4-membered cyclic amide) rings is 1. The highest BCUT2D eigenvalue weighted by atomic mass is 32.2. The van der Waals surface area contributed by atoms with Gasteiger partial charge in [0.1, 0.15) is 12.6 Å². The maximum absolute atomic E-state index is 12.7. The number of amides is 1. The number of benzene rings is 1. The zero-order valence-electron chi connectivity index (χ0n) is 14.2. The predicted molar refractivity (Wildman–Crippen MR) is 87.2 cm³/mol. The summed E-state index contributed by atoms with van der Waals surface area (Å²) >= 11 is 0. The number of allylic oxidation sites excluding steroid dienone is 1. The van der Waals surface area contributed by atoms with Crippen molar-refractivity contribution < 1.29 is 40.1 Å². The molecule has 0 aliphatic carbocycles. The van der Waals surface area contributed by atoms with Crippen molar-refractivity contribution in [3.8, 4) is 0 Å². The first-order valence-electron chi connectivity index (χ1n) is 8.06. The van der Waals surface area contributed by atoms with Gasteiger partial charge in [-0.1, -0.05) is 30.3 Å². The van der Waals surface area contributed by atoms with Gasteiger partial charge in [-0.2, -0.15) is 21.6 Å². The van der Waals surface area contributed by atoms with E-state index in [0.29, 0.717) is 5.56 Å². The third-order valence-electron chi connectivity index (χ3n) is 4.34. The second-order valence-corrected chi connectivity index (χ2v) is 7.69. The second kappa shape index (κ2) is 7.09. The summed E-state index contributed by atoms with van der Waals surface area (Å²) in [5, 5.41) is 0. The van der Waals surface area contributed by atoms with E-state index in [4.69, 9.17) is 10.5 Å². The Bertz CT molecular complexity index is 929. The average Bonchev–Trinajstić information content (AvgIpc) is 2.64. The number of alkyl halides is 3. The van der Waals surface area contributed by atoms with Crippen molar-refractivity contribution in [1.82, 2.24) is 4.90 Å². The summed E-state index contributed by atoms with van der Waals surface area (Å²) < 4.78 is 69.9. The number of carbonyl (C=O) groups excluding carboxylic acids is 2. The Labute approximate surface area is 157 Å². The van der Waals surface area contributed by atoms with E-state index in [2.05, 4.69) is 4.18 Å². The molecule has 0 unspecified atom stereocenters. The van der Waals surface area contributed by atoms with Gasteiger partial charge in [-0.25, -0.2) is 4.79 Å². The molecule has 2 heterocycles. The summed E-state index contributed by atoms with van der Waals surface area (Å²) in [6, 6.07) is 6.80. The van der Waals surface area contributed by atoms with Gasteiger partial charge in [0.25, 0.3) is 0 Å². The van der Waals surface area contributed by atoms with Crippen molar-refractivity contribution in [3.63, 3.8) is 0 Å². The molecule has 8 nitrogen and oxygen atoms in total. The molecule has 0 radical (unpaired) electrons. The van der Waals surface area contributed by atoms with E-state index >= 15 is 0 Å². The molecule has 1 amide bonds. The summed E-state index contributed by atoms with van der Waals surface area (Å²) in [7, 11) is -6.01. The van der Waals surface area contributed by atoms with E-state index in [1.165, 1.54) is 0 Å². The van der Waals surface area contributed by atoms with Crippen LogP contribution in [0.1, 0.15) is 18.4 Å². The van der Waals surface area contributed by atoms with Crippen LogP contribution in [-0.4, -0.2) is 42.8 Å². The molecule has 1 aromatic rings. The Morgan fingerprint density at radius 1 is 1.25 bits per heavy atom. The molecule has 0 spiro atoms. The van der Waals surface area contributed by atoms with Crippen LogP contribution in [0.25, 0.3) is 0 Å². The molecular weight excluding hydrogens is 405 g/mol. The SMILES string of the molecule is N[C@@H]1C(=O)N2C(C(=O)OCc3ccccc3)=C(OS(=O)(=O)C(F)(F)F)CC[C@@H]12. The zero-order valence-corrected chi connectivity index (χ0v) is 15.0. The highest BCUT2D eigenvalue weighted by Gasteiger charge is 2.54. The van der Waals surface area contributed by atoms with Crippen LogP contribution >= 0.6 is 0 Å². The molecule has 12 heteroatoms. The lowest BCUT2D eigenvalue weighted by Gasteiger charge is -2.48. The van der Waals surface area contributed by atoms with Crippen LogP contribution in [0.15, 0.2) is 41.8 Å². The molecule has 152 valence electrons. The molecule has 2 aliphatic heterocycles. The molecule has 28 heavy (non-hydrogen) atoms. The van der Waals surface area contributed by atoms with Crippen molar-refractivity contribution in [2.45, 2.75) is 37.0 Å². The Kier molecular flexibility index (Phi) is 5.10. The standard InChI is InChI=1S/C16H15F3N2O6S/c17-16(18,19)28(24,25)27-11-7-6-10-12(20)14(22)21(10)13(11)15(23)26-8-9-4-2-1-3-5-9/h1-5,10,12H,6-8,20H2/t10-,12-/m0/s1. The van der Waals surface area contributed by atoms with Gasteiger partial charge in [0.15, 0.2) is 11.5 Å². The van der Waals surface area contributed by atoms with Gasteiger partial charge in [-0.05, 0) is 12.0 Å². The van der Waals surface area contributed by atoms with Gasteiger partial charge < -0.3 is 14.7 Å². The summed E-state index contributed by atoms with van der Waals surface area (Å²) in [5.74, 6) is -2.71. The van der Waals surface area contributed by atoms with E-state index in [0.717, 1.165) is 4.90 Å². The van der Waals surface area contributed by atoms with Crippen LogP contribution in [0.5, 0.6) is 0 Å². The van der Waals surface area contributed by atoms with Crippen LogP contribution in [0, 0.1) is 0 Å². The first-order chi connectivity index (χ1) is 13.0. The van der Waals surface area contributed by atoms with E-state index < -0.39 is 51.0 Å². The Balaban J connectivity index is 1.90. The third-order valence-corrected chi connectivity index (χ3v) is 5.33. The molecule has 2 aliphatic rings. The highest BCUT2D eigenvalue weighted by Crippen LogP contribution is 2.39. The number of esters is 1. The van der Waals surface area contributed by atoms with E-state index in [9.17, 15) is 31.2 Å². The first-order valence-corrected chi connectivity index (χ1v) is 9.47. The number of fused-ring (bicyclic) bond motifs is 1. The van der Waals surface area contributed by atoms with Crippen molar-refractivity contribution in [2.24, 2.45) is 5.73 Å². The van der Waals surface area contributed by atoms with E-state index in [1.807, 2.05) is 0 Å². The minimum atomic E-state index is -6.01. The third kappa shape index (κ3) is 3.56. The number of rotatable bonds is 5. The summed E-state index contributed by atoms with van der Waals surface area (Å²) in [5.41, 5.74) is -0.138. The maximum Gasteiger partial charge on any atom is 0.534 e. The number of carbonyl (C=O) groups is 2. The zero-order chi connectivity index (χ0) is 20.7. The number of nitrogens with two attached hydrogens (primary N) is 1. The Hall–Kier alpha value is -2.60. The lowest BCUT2D eigenvalue weighted by molar-refractivity contribution is -0.156. The van der Waals surface area contributed by atoms with Crippen LogP contribution < -0.4 is 5.73 Å². The minimum Gasteiger partial charge on any atom is -0.456 e. The van der Waals surface area contributed by atoms with Crippen LogP contribution in [0.3, 0.4) is 0 Å². The predicted octanol–water partition coefficient (Wildman–Crippen LogP) is 1.14. The lowest BCUT2D eigenvalue weighted by atomic mass is 9.86. The van der Waals surface area contributed by atoms with Gasteiger partial charge in [0, 0.05) is 6.42 Å². The molecule has 0 aromatic heterocycles. The van der Waals surface area contributed by atoms with Crippen molar-refractivity contribution >= 4 is 22.0 Å². The molecule has 0 bridgehead atoms. The number of nitrogens with zero attached hydrogens (tertiary/aromatic N) is 1. The van der Waals surface area contributed by atoms with Crippen LogP contribution in [-0.2, 0) is 35.2 Å². The van der Waals surface area contributed by atoms with Crippen molar-refractivity contribution in [1.29, 1.82) is 0 Å². The number of ether oxygens (including phenoxy) is 1. The molecule has 0 saturated carbocycles.